The molecule has 8 aromatic rings. The molecule has 0 amide bonds. The van der Waals surface area contributed by atoms with Crippen LogP contribution in [0.5, 0.6) is 0 Å². The van der Waals surface area contributed by atoms with Crippen molar-refractivity contribution in [3.05, 3.63) is 243 Å². The summed E-state index contributed by atoms with van der Waals surface area (Å²) in [5.74, 6) is 0. The first-order valence-electron chi connectivity index (χ1n) is 28.6. The number of unbranched alkanes of at least 4 members (excludes halogenated alkanes) is 1. The molecule has 4 aliphatic heterocycles. The molecule has 444 valence electrons. The van der Waals surface area contributed by atoms with E-state index in [-0.39, 0.29) is 39.3 Å². The van der Waals surface area contributed by atoms with Gasteiger partial charge in [0.15, 0.2) is 8.32 Å². The Bertz CT molecular complexity index is 3300. The van der Waals surface area contributed by atoms with E-state index in [2.05, 4.69) is 13.1 Å². The maximum atomic E-state index is 10.6. The Balaban J connectivity index is 1.41. The van der Waals surface area contributed by atoms with E-state index in [0.717, 1.165) is 0 Å². The third-order valence-corrected chi connectivity index (χ3v) is 53.4. The molecule has 86 heavy (non-hydrogen) atoms. The Labute approximate surface area is 518 Å². The number of hydrogen-bond acceptors (Lipinski definition) is 16. The van der Waals surface area contributed by atoms with Crippen molar-refractivity contribution in [1.82, 2.24) is 0 Å². The van der Waals surface area contributed by atoms with E-state index in [4.69, 9.17) is 57.9 Å². The maximum absolute atomic E-state index is 10.6. The van der Waals surface area contributed by atoms with Crippen molar-refractivity contribution in [2.24, 2.45) is 0 Å². The van der Waals surface area contributed by atoms with Crippen LogP contribution >= 0.6 is 0 Å². The minimum Gasteiger partial charge on any atom is -0.413 e. The largest absolute Gasteiger partial charge is 0.522 e. The van der Waals surface area contributed by atoms with E-state index in [1.165, 1.54) is 0 Å². The van der Waals surface area contributed by atoms with E-state index in [0.29, 0.717) is 66.8 Å². The Morgan fingerprint density at radius 3 is 0.872 bits per heavy atom. The minimum absolute atomic E-state index is 0.0392. The van der Waals surface area contributed by atoms with Gasteiger partial charge in [-0.3, -0.25) is 0 Å². The SMILES string of the molecule is C[Si]O[Si]1(c2ccccc2)O[Si]2(c3ccccc3)O[Si](OCCCCO)(c3ccccc3)O[Si](c3ccccc3)(O1)O[Si]1(c3ccccc3)O[Si](O[Si]C)(c3ccccc3)O[Si](c3ccccc3)(O[Si](O[Si](C)(C)CCCO)(c3ccccc3)O1)O2. The highest BCUT2D eigenvalue weighted by molar-refractivity contribution is 7.10. The van der Waals surface area contributed by atoms with Gasteiger partial charge >= 0.3 is 70.4 Å². The fraction of sp³-hybridized carbons (Fsp3) is 0.186. The molecule has 4 radical (unpaired) electrons. The van der Waals surface area contributed by atoms with E-state index in [1.54, 1.807) is 0 Å². The molecule has 4 saturated heterocycles. The van der Waals surface area contributed by atoms with Crippen LogP contribution in [0, 0.1) is 0 Å². The molecule has 4 unspecified atom stereocenters. The van der Waals surface area contributed by atoms with Crippen molar-refractivity contribution in [2.45, 2.75) is 51.5 Å². The van der Waals surface area contributed by atoms with Crippen LogP contribution in [0.25, 0.3) is 0 Å². The van der Waals surface area contributed by atoms with Gasteiger partial charge in [-0.25, -0.2) is 0 Å². The highest BCUT2D eigenvalue weighted by atomic mass is 28.6. The summed E-state index contributed by atoms with van der Waals surface area (Å²) in [6.07, 6.45) is 1.24. The summed E-state index contributed by atoms with van der Waals surface area (Å²) in [6.45, 7) is 7.88. The molecule has 12 rings (SSSR count). The number of aliphatic hydroxyl groups excluding tert-OH is 2. The van der Waals surface area contributed by atoms with Crippen LogP contribution in [-0.4, -0.2) is 128 Å². The van der Waals surface area contributed by atoms with Gasteiger partial charge in [-0.2, -0.15) is 0 Å². The summed E-state index contributed by atoms with van der Waals surface area (Å²) in [4.78, 5) is 0. The molecular formula is C59H68O16Si11. The fourth-order valence-corrected chi connectivity index (χ4v) is 59.7. The second-order valence-corrected chi connectivity index (χ2v) is 50.2. The molecule has 4 fully saturated rings. The van der Waals surface area contributed by atoms with Gasteiger partial charge in [0.05, 0.1) is 0 Å². The molecule has 27 heteroatoms. The van der Waals surface area contributed by atoms with E-state index >= 15 is 0 Å². The lowest BCUT2D eigenvalue weighted by Crippen LogP contribution is -2.90. The molecule has 4 atom stereocenters. The molecular weight excluding hydrogens is 1270 g/mol. The molecule has 4 bridgehead atoms. The van der Waals surface area contributed by atoms with Gasteiger partial charge in [-0.05, 0) is 51.5 Å². The number of rotatable bonds is 22. The average molecular weight is 1340 g/mol. The lowest BCUT2D eigenvalue weighted by molar-refractivity contribution is 0.0391. The first kappa shape index (κ1) is 63.1. The van der Waals surface area contributed by atoms with Crippen molar-refractivity contribution in [3.63, 3.8) is 0 Å². The van der Waals surface area contributed by atoms with Crippen molar-refractivity contribution in [3.8, 4) is 0 Å². The normalized spacial score (nSPS) is 28.6. The standard InChI is InChI=1S/C59H68O16Si11/c1-76-63-80(53-34-15-6-16-35-53)68-83(56-40-21-9-22-41-56)66-79(62-50-30-29-48-60,52-32-13-5-14-33-52)67-84(69-80,57-42-23-10-24-43-57)75-86(59-46-27-12-28-47-59)71-81(64-77-2,54-36-17-7-18-37-54)70-85(74-83,58-44-25-11-26-45-58)72-82(73-86,55-38-19-8-20-39-55)65-78(3,4)51-31-49-61/h5-28,32-47,60-61H,29-31,48-51H2,1-4H3. The van der Waals surface area contributed by atoms with Gasteiger partial charge in [0.25, 0.3) is 0 Å². The van der Waals surface area contributed by atoms with Crippen LogP contribution in [0.3, 0.4) is 0 Å². The third kappa shape index (κ3) is 13.1. The molecule has 0 saturated carbocycles. The Kier molecular flexibility index (Phi) is 20.0. The summed E-state index contributed by atoms with van der Waals surface area (Å²) in [7, 11) is -44.1. The molecule has 2 N–H and O–H groups in total. The Morgan fingerprint density at radius 2 is 0.581 bits per heavy atom. The Hall–Kier alpha value is -4.49. The van der Waals surface area contributed by atoms with Gasteiger partial charge in [0.1, 0.15) is 0 Å². The summed E-state index contributed by atoms with van der Waals surface area (Å²) < 4.78 is 115. The van der Waals surface area contributed by atoms with E-state index in [1.807, 2.05) is 256 Å². The first-order chi connectivity index (χ1) is 41.9. The highest BCUT2D eigenvalue weighted by Gasteiger charge is 2.80. The first-order valence-corrected chi connectivity index (χ1v) is 48.3. The van der Waals surface area contributed by atoms with E-state index in [9.17, 15) is 10.2 Å². The second-order valence-electron chi connectivity index (χ2n) is 21.0. The number of benzene rings is 8. The average Bonchev–Trinajstić information content (AvgIpc) is 0.832. The fourth-order valence-electron chi connectivity index (χ4n) is 10.5. The topological polar surface area (TPSA) is 170 Å². The zero-order valence-corrected chi connectivity index (χ0v) is 59.2. The molecule has 4 aliphatic rings. The summed E-state index contributed by atoms with van der Waals surface area (Å²) >= 11 is 0. The number of aliphatic hydroxyl groups is 2. The van der Waals surface area contributed by atoms with Crippen molar-refractivity contribution in [1.29, 1.82) is 0 Å². The van der Waals surface area contributed by atoms with Gasteiger partial charge < -0.3 is 68.1 Å². The van der Waals surface area contributed by atoms with Gasteiger partial charge in [0.2, 0.25) is 19.5 Å². The molecule has 4 heterocycles. The quantitative estimate of drug-likeness (QED) is 0.0706. The maximum Gasteiger partial charge on any atom is 0.522 e. The molecule has 0 spiro atoms. The predicted octanol–water partition coefficient (Wildman–Crippen LogP) is 4.72. The van der Waals surface area contributed by atoms with Crippen molar-refractivity contribution < 1.29 is 68.1 Å². The van der Waals surface area contributed by atoms with Crippen LogP contribution in [0.15, 0.2) is 243 Å². The lowest BCUT2D eigenvalue weighted by Gasteiger charge is -2.57. The zero-order valence-electron chi connectivity index (χ0n) is 48.2. The van der Waals surface area contributed by atoms with Gasteiger partial charge in [-0.1, -0.05) is 243 Å². The van der Waals surface area contributed by atoms with Crippen LogP contribution in [0.1, 0.15) is 19.3 Å². The molecule has 16 nitrogen and oxygen atoms in total. The zero-order chi connectivity index (χ0) is 59.7. The molecule has 0 aliphatic carbocycles. The van der Waals surface area contributed by atoms with Crippen LogP contribution in [0.4, 0.5) is 0 Å². The predicted molar refractivity (Wildman–Crippen MR) is 348 cm³/mol. The Morgan fingerprint density at radius 1 is 0.326 bits per heavy atom. The lowest BCUT2D eigenvalue weighted by atomic mass is 10.3. The van der Waals surface area contributed by atoms with Crippen molar-refractivity contribution >= 4 is 140 Å². The van der Waals surface area contributed by atoms with Crippen LogP contribution < -0.4 is 41.5 Å². The van der Waals surface area contributed by atoms with Crippen LogP contribution in [-0.2, 0) is 57.9 Å². The molecule has 8 aromatic carbocycles. The minimum atomic E-state index is -5.27. The highest BCUT2D eigenvalue weighted by Crippen LogP contribution is 2.43. The summed E-state index contributed by atoms with van der Waals surface area (Å²) in [5.41, 5.74) is 0. The second kappa shape index (κ2) is 27.3. The summed E-state index contributed by atoms with van der Waals surface area (Å²) in [5, 5.41) is 24.8. The van der Waals surface area contributed by atoms with Gasteiger partial charge in [0, 0.05) is 61.3 Å². The van der Waals surface area contributed by atoms with Crippen molar-refractivity contribution in [2.75, 3.05) is 19.8 Å². The smallest absolute Gasteiger partial charge is 0.413 e. The van der Waals surface area contributed by atoms with Gasteiger partial charge in [-0.15, -0.1) is 0 Å². The number of fused-ring (bicyclic) bond motifs is 4. The van der Waals surface area contributed by atoms with Crippen LogP contribution in [0.2, 0.25) is 32.2 Å². The van der Waals surface area contributed by atoms with E-state index < -0.39 is 78.8 Å². The number of hydrogen-bond donors (Lipinski definition) is 2. The summed E-state index contributed by atoms with van der Waals surface area (Å²) in [6, 6.07) is 76.8. The third-order valence-electron chi connectivity index (χ3n) is 14.4. The molecule has 0 aromatic heterocycles. The monoisotopic (exact) mass is 1340 g/mol.